The van der Waals surface area contributed by atoms with Gasteiger partial charge in [0.1, 0.15) is 0 Å². The molecule has 0 saturated carbocycles. The molecular weight excluding hydrogens is 247 g/mol. The van der Waals surface area contributed by atoms with Crippen LogP contribution in [-0.4, -0.2) is 24.0 Å². The fourth-order valence-corrected chi connectivity index (χ4v) is 1.41. The van der Waals surface area contributed by atoms with Gasteiger partial charge in [0.2, 0.25) is 5.60 Å². The number of esters is 1. The van der Waals surface area contributed by atoms with Gasteiger partial charge in [-0.25, -0.2) is 0 Å². The molecule has 0 aromatic carbocycles. The summed E-state index contributed by atoms with van der Waals surface area (Å²) in [6, 6.07) is 0. The minimum atomic E-state index is -4.58. The Morgan fingerprint density at radius 2 is 2.06 bits per heavy atom. The van der Waals surface area contributed by atoms with Crippen LogP contribution in [-0.2, 0) is 9.53 Å². The van der Waals surface area contributed by atoms with E-state index in [1.54, 1.807) is 25.4 Å². The molecule has 2 unspecified atom stereocenters. The molecule has 0 aliphatic carbocycles. The lowest BCUT2D eigenvalue weighted by Crippen LogP contribution is -2.45. The molecule has 0 fully saturated rings. The molecule has 18 heavy (non-hydrogen) atoms. The van der Waals surface area contributed by atoms with Gasteiger partial charge in [-0.1, -0.05) is 13.0 Å². The predicted molar refractivity (Wildman–Crippen MR) is 61.1 cm³/mol. The molecule has 0 N–H and O–H groups in total. The van der Waals surface area contributed by atoms with E-state index in [9.17, 15) is 18.0 Å². The van der Waals surface area contributed by atoms with Crippen LogP contribution in [0.2, 0.25) is 0 Å². The van der Waals surface area contributed by atoms with Crippen LogP contribution in [0.25, 0.3) is 0 Å². The molecule has 1 rings (SSSR count). The zero-order chi connectivity index (χ0) is 14.0. The normalized spacial score (nSPS) is 21.8. The van der Waals surface area contributed by atoms with E-state index in [0.29, 0.717) is 6.42 Å². The van der Waals surface area contributed by atoms with Crippen molar-refractivity contribution in [3.05, 3.63) is 12.3 Å². The first kappa shape index (κ1) is 14.7. The second kappa shape index (κ2) is 5.12. The minimum absolute atomic E-state index is 0.216. The van der Waals surface area contributed by atoms with Crippen molar-refractivity contribution in [3.63, 3.8) is 0 Å². The topological polar surface area (TPSA) is 38.7 Å². The van der Waals surface area contributed by atoms with Gasteiger partial charge in [-0.2, -0.15) is 13.2 Å². The lowest BCUT2D eigenvalue weighted by Gasteiger charge is -2.30. The lowest BCUT2D eigenvalue weighted by atomic mass is 9.91. The van der Waals surface area contributed by atoms with Crippen LogP contribution in [0.4, 0.5) is 13.2 Å². The summed E-state index contributed by atoms with van der Waals surface area (Å²) in [4.78, 5) is 15.6. The standard InChI is InChI=1S/C12H16F3NO2/c1-8(9-5-4-6-16-7-9)10(17)18-11(2,3)12(13,14)15/h4,6-9H,5H2,1-3H3. The van der Waals surface area contributed by atoms with Crippen molar-refractivity contribution in [2.75, 3.05) is 0 Å². The van der Waals surface area contributed by atoms with E-state index in [1.807, 2.05) is 0 Å². The van der Waals surface area contributed by atoms with Crippen LogP contribution in [0.1, 0.15) is 27.2 Å². The number of hydrogen-bond donors (Lipinski definition) is 0. The van der Waals surface area contributed by atoms with E-state index in [0.717, 1.165) is 13.8 Å². The monoisotopic (exact) mass is 263 g/mol. The van der Waals surface area contributed by atoms with E-state index >= 15 is 0 Å². The van der Waals surface area contributed by atoms with Gasteiger partial charge >= 0.3 is 12.1 Å². The summed E-state index contributed by atoms with van der Waals surface area (Å²) < 4.78 is 42.3. The molecule has 0 spiro atoms. The Balaban J connectivity index is 2.65. The smallest absolute Gasteiger partial charge is 0.427 e. The first-order valence-corrected chi connectivity index (χ1v) is 5.63. The van der Waals surface area contributed by atoms with Crippen molar-refractivity contribution in [1.82, 2.24) is 0 Å². The number of nitrogens with zero attached hydrogens (tertiary/aromatic N) is 1. The molecule has 0 radical (unpaired) electrons. The number of hydrogen-bond acceptors (Lipinski definition) is 3. The van der Waals surface area contributed by atoms with Crippen LogP contribution < -0.4 is 0 Å². The lowest BCUT2D eigenvalue weighted by molar-refractivity contribution is -0.259. The van der Waals surface area contributed by atoms with E-state index < -0.39 is 23.7 Å². The fraction of sp³-hybridized carbons (Fsp3) is 0.667. The van der Waals surface area contributed by atoms with Gasteiger partial charge in [0.15, 0.2) is 0 Å². The molecule has 3 nitrogen and oxygen atoms in total. The Labute approximate surface area is 104 Å². The van der Waals surface area contributed by atoms with Gasteiger partial charge in [-0.05, 0) is 20.3 Å². The second-order valence-electron chi connectivity index (χ2n) is 4.80. The average molecular weight is 263 g/mol. The molecule has 6 heteroatoms. The van der Waals surface area contributed by atoms with E-state index in [2.05, 4.69) is 9.73 Å². The maximum absolute atomic E-state index is 12.6. The van der Waals surface area contributed by atoms with Gasteiger partial charge in [-0.15, -0.1) is 0 Å². The van der Waals surface area contributed by atoms with Crippen molar-refractivity contribution in [1.29, 1.82) is 0 Å². The molecule has 1 aliphatic rings. The molecule has 0 aromatic heterocycles. The maximum atomic E-state index is 12.6. The molecule has 0 saturated heterocycles. The number of aliphatic imine (C=N–C) groups is 1. The summed E-state index contributed by atoms with van der Waals surface area (Å²) >= 11 is 0. The molecule has 0 bridgehead atoms. The number of ether oxygens (including phenoxy) is 1. The highest BCUT2D eigenvalue weighted by molar-refractivity contribution is 5.78. The van der Waals surface area contributed by atoms with E-state index in [4.69, 9.17) is 0 Å². The zero-order valence-electron chi connectivity index (χ0n) is 10.5. The van der Waals surface area contributed by atoms with Crippen molar-refractivity contribution < 1.29 is 22.7 Å². The minimum Gasteiger partial charge on any atom is -0.450 e. The van der Waals surface area contributed by atoms with Crippen LogP contribution >= 0.6 is 0 Å². The van der Waals surface area contributed by atoms with Gasteiger partial charge in [-0.3, -0.25) is 9.79 Å². The quantitative estimate of drug-likeness (QED) is 0.734. The third-order valence-electron chi connectivity index (χ3n) is 2.93. The highest BCUT2D eigenvalue weighted by Gasteiger charge is 2.51. The first-order valence-electron chi connectivity index (χ1n) is 5.63. The first-order chi connectivity index (χ1) is 8.15. The van der Waals surface area contributed by atoms with Crippen molar-refractivity contribution in [2.45, 2.75) is 39.0 Å². The molecule has 0 amide bonds. The van der Waals surface area contributed by atoms with E-state index in [-0.39, 0.29) is 5.92 Å². The number of halogens is 3. The number of alkyl halides is 3. The molecule has 2 atom stereocenters. The predicted octanol–water partition coefficient (Wildman–Crippen LogP) is 3.11. The highest BCUT2D eigenvalue weighted by atomic mass is 19.4. The summed E-state index contributed by atoms with van der Waals surface area (Å²) in [6.45, 7) is 3.23. The Bertz CT molecular complexity index is 372. The molecule has 1 aliphatic heterocycles. The molecule has 102 valence electrons. The third kappa shape index (κ3) is 3.34. The van der Waals surface area contributed by atoms with Gasteiger partial charge in [0.25, 0.3) is 0 Å². The maximum Gasteiger partial charge on any atom is 0.427 e. The zero-order valence-corrected chi connectivity index (χ0v) is 10.5. The summed E-state index contributed by atoms with van der Waals surface area (Å²) in [6.07, 6.45) is 0.916. The van der Waals surface area contributed by atoms with Crippen LogP contribution in [0, 0.1) is 11.8 Å². The Kier molecular flexibility index (Phi) is 4.19. The van der Waals surface area contributed by atoms with Gasteiger partial charge in [0.05, 0.1) is 5.92 Å². The van der Waals surface area contributed by atoms with Crippen molar-refractivity contribution >= 4 is 12.2 Å². The van der Waals surface area contributed by atoms with Gasteiger partial charge in [0, 0.05) is 18.3 Å². The molecular formula is C12H16F3NO2. The number of carbonyl (C=O) groups excluding carboxylic acids is 1. The Morgan fingerprint density at radius 1 is 1.44 bits per heavy atom. The van der Waals surface area contributed by atoms with Crippen molar-refractivity contribution in [3.8, 4) is 0 Å². The van der Waals surface area contributed by atoms with E-state index in [1.165, 1.54) is 0 Å². The molecule has 1 heterocycles. The summed E-state index contributed by atoms with van der Waals surface area (Å²) in [5.74, 6) is -1.73. The number of carbonyl (C=O) groups is 1. The summed E-state index contributed by atoms with van der Waals surface area (Å²) in [5, 5.41) is 0. The van der Waals surface area contributed by atoms with Crippen LogP contribution in [0.5, 0.6) is 0 Å². The molecule has 0 aromatic rings. The highest BCUT2D eigenvalue weighted by Crippen LogP contribution is 2.34. The average Bonchev–Trinajstić information content (AvgIpc) is 2.27. The van der Waals surface area contributed by atoms with Gasteiger partial charge < -0.3 is 4.74 Å². The fourth-order valence-electron chi connectivity index (χ4n) is 1.41. The Hall–Kier alpha value is -1.33. The summed E-state index contributed by atoms with van der Waals surface area (Å²) in [7, 11) is 0. The van der Waals surface area contributed by atoms with Crippen LogP contribution in [0.3, 0.4) is 0 Å². The van der Waals surface area contributed by atoms with Crippen molar-refractivity contribution in [2.24, 2.45) is 16.8 Å². The second-order valence-corrected chi connectivity index (χ2v) is 4.80. The third-order valence-corrected chi connectivity index (χ3v) is 2.93. The summed E-state index contributed by atoms with van der Waals surface area (Å²) in [5.41, 5.74) is -2.47. The number of rotatable bonds is 3. The Morgan fingerprint density at radius 3 is 2.50 bits per heavy atom. The SMILES string of the molecule is CC(C(=O)OC(C)(C)C(F)(F)F)C1C=NC=CC1. The number of allylic oxidation sites excluding steroid dienone is 1. The van der Waals surface area contributed by atoms with Crippen LogP contribution in [0.15, 0.2) is 17.3 Å². The largest absolute Gasteiger partial charge is 0.450 e.